The van der Waals surface area contributed by atoms with E-state index < -0.39 is 25.7 Å². The van der Waals surface area contributed by atoms with Gasteiger partial charge in [-0.3, -0.25) is 4.57 Å². The summed E-state index contributed by atoms with van der Waals surface area (Å²) in [6.07, 6.45) is 0. The second-order valence-corrected chi connectivity index (χ2v) is 4.47. The molecule has 0 aromatic carbocycles. The zero-order valence-corrected chi connectivity index (χ0v) is 14.5. The molecule has 0 saturated heterocycles. The first-order valence-electron chi connectivity index (χ1n) is 3.65. The SMILES string of the molecule is COP(=O)([O-])N[C@H](C(=O)[O-])C(C)C.[Na+].[Na+]. The number of carbonyl (C=O) groups is 1. The predicted molar refractivity (Wildman–Crippen MR) is 41.4 cm³/mol. The van der Waals surface area contributed by atoms with Crippen LogP contribution in [0.3, 0.4) is 0 Å². The molecule has 6 nitrogen and oxygen atoms in total. The Kier molecular flexibility index (Phi) is 14.0. The average molecular weight is 255 g/mol. The molecule has 15 heavy (non-hydrogen) atoms. The molecule has 0 aliphatic rings. The van der Waals surface area contributed by atoms with E-state index >= 15 is 0 Å². The molecule has 0 fully saturated rings. The Morgan fingerprint density at radius 1 is 1.40 bits per heavy atom. The molecule has 0 radical (unpaired) electrons. The minimum atomic E-state index is -4.26. The Labute approximate surface area is 133 Å². The summed E-state index contributed by atoms with van der Waals surface area (Å²) in [5.41, 5.74) is 0. The van der Waals surface area contributed by atoms with E-state index in [1.807, 2.05) is 5.09 Å². The van der Waals surface area contributed by atoms with Crippen molar-refractivity contribution >= 4 is 13.7 Å². The molecule has 0 bridgehead atoms. The zero-order valence-electron chi connectivity index (χ0n) is 9.64. The summed E-state index contributed by atoms with van der Waals surface area (Å²) in [6, 6.07) is -1.26. The minimum absolute atomic E-state index is 0. The van der Waals surface area contributed by atoms with Crippen LogP contribution in [0.15, 0.2) is 0 Å². The molecule has 1 N–H and O–H groups in total. The van der Waals surface area contributed by atoms with E-state index in [4.69, 9.17) is 0 Å². The third-order valence-electron chi connectivity index (χ3n) is 1.46. The van der Waals surface area contributed by atoms with Crippen molar-refractivity contribution in [3.63, 3.8) is 0 Å². The molecule has 0 spiro atoms. The second-order valence-electron chi connectivity index (χ2n) is 2.85. The van der Waals surface area contributed by atoms with Gasteiger partial charge in [0.15, 0.2) is 0 Å². The number of rotatable bonds is 5. The van der Waals surface area contributed by atoms with E-state index in [0.717, 1.165) is 7.11 Å². The molecule has 0 heterocycles. The Morgan fingerprint density at radius 3 is 2.00 bits per heavy atom. The number of hydrogen-bond acceptors (Lipinski definition) is 5. The summed E-state index contributed by atoms with van der Waals surface area (Å²) in [5.74, 6) is -1.87. The first-order valence-corrected chi connectivity index (χ1v) is 5.20. The smallest absolute Gasteiger partial charge is 0.766 e. The fourth-order valence-electron chi connectivity index (χ4n) is 0.697. The van der Waals surface area contributed by atoms with Crippen molar-refractivity contribution in [3.05, 3.63) is 0 Å². The maximum absolute atomic E-state index is 10.8. The van der Waals surface area contributed by atoms with E-state index in [1.54, 1.807) is 13.8 Å². The van der Waals surface area contributed by atoms with E-state index in [-0.39, 0.29) is 59.1 Å². The Bertz CT molecular complexity index is 238. The van der Waals surface area contributed by atoms with Gasteiger partial charge in [0.05, 0.1) is 12.0 Å². The van der Waals surface area contributed by atoms with Crippen LogP contribution in [0, 0.1) is 5.92 Å². The topological polar surface area (TPSA) is 102 Å². The molecule has 1 unspecified atom stereocenters. The molecule has 0 rings (SSSR count). The Morgan fingerprint density at radius 2 is 1.80 bits per heavy atom. The van der Waals surface area contributed by atoms with Gasteiger partial charge in [0.1, 0.15) is 0 Å². The number of carboxylic acids is 1. The van der Waals surface area contributed by atoms with Gasteiger partial charge >= 0.3 is 59.1 Å². The monoisotopic (exact) mass is 255 g/mol. The second kappa shape index (κ2) is 9.59. The van der Waals surface area contributed by atoms with E-state index in [9.17, 15) is 19.4 Å². The molecule has 9 heteroatoms. The molecule has 0 aliphatic carbocycles. The summed E-state index contributed by atoms with van der Waals surface area (Å²) in [6.45, 7) is 3.12. The summed E-state index contributed by atoms with van der Waals surface area (Å²) < 4.78 is 14.9. The van der Waals surface area contributed by atoms with Crippen LogP contribution < -0.4 is 74.2 Å². The predicted octanol–water partition coefficient (Wildman–Crippen LogP) is -7.53. The normalized spacial score (nSPS) is 15.8. The van der Waals surface area contributed by atoms with Crippen molar-refractivity contribution in [1.29, 1.82) is 0 Å². The third kappa shape index (κ3) is 9.30. The van der Waals surface area contributed by atoms with Crippen molar-refractivity contribution in [3.8, 4) is 0 Å². The largest absolute Gasteiger partial charge is 1.00 e. The summed E-state index contributed by atoms with van der Waals surface area (Å²) in [7, 11) is -3.31. The molecule has 0 aliphatic heterocycles. The van der Waals surface area contributed by atoms with Gasteiger partial charge in [-0.1, -0.05) is 13.8 Å². The van der Waals surface area contributed by atoms with Gasteiger partial charge in [-0.2, -0.15) is 0 Å². The summed E-state index contributed by atoms with van der Waals surface area (Å²) >= 11 is 0. The number of aliphatic carboxylic acids is 1. The van der Waals surface area contributed by atoms with Crippen LogP contribution in [0.1, 0.15) is 13.8 Å². The van der Waals surface area contributed by atoms with Crippen LogP contribution in [-0.2, 0) is 13.9 Å². The van der Waals surface area contributed by atoms with E-state index in [2.05, 4.69) is 4.52 Å². The fraction of sp³-hybridized carbons (Fsp3) is 0.833. The molecule has 78 valence electrons. The Balaban J connectivity index is -0.000000720. The molecule has 0 amide bonds. The molecule has 2 atom stereocenters. The zero-order chi connectivity index (χ0) is 10.6. The van der Waals surface area contributed by atoms with Gasteiger partial charge in [0, 0.05) is 7.11 Å². The van der Waals surface area contributed by atoms with Crippen LogP contribution in [-0.4, -0.2) is 19.1 Å². The van der Waals surface area contributed by atoms with Gasteiger partial charge < -0.3 is 19.3 Å². The van der Waals surface area contributed by atoms with E-state index in [1.165, 1.54) is 0 Å². The van der Waals surface area contributed by atoms with Crippen molar-refractivity contribution in [1.82, 2.24) is 5.09 Å². The van der Waals surface area contributed by atoms with Crippen LogP contribution in [0.4, 0.5) is 0 Å². The minimum Gasteiger partial charge on any atom is -0.766 e. The van der Waals surface area contributed by atoms with Gasteiger partial charge in [-0.05, 0) is 5.92 Å². The number of carboxylic acid groups (broad SMARTS) is 1. The summed E-state index contributed by atoms with van der Waals surface area (Å²) in [5, 5.41) is 12.3. The third-order valence-corrected chi connectivity index (χ3v) is 2.53. The van der Waals surface area contributed by atoms with Crippen LogP contribution >= 0.6 is 7.75 Å². The number of nitrogens with one attached hydrogen (secondary N) is 1. The molecule has 0 aromatic rings. The standard InChI is InChI=1S/C6H14NO5P.2Na/c1-4(2)5(6(8)9)7-13(10,11)12-3;;/h4-5H,1-3H3,(H,8,9)(H2,7,10,11);;/q;2*+1/p-2/t5-;;/m0../s1. The quantitative estimate of drug-likeness (QED) is 0.387. The van der Waals surface area contributed by atoms with Gasteiger partial charge in [0.2, 0.25) is 7.75 Å². The van der Waals surface area contributed by atoms with Crippen molar-refractivity contribution in [2.45, 2.75) is 19.9 Å². The number of hydrogen-bond donors (Lipinski definition) is 1. The van der Waals surface area contributed by atoms with Crippen molar-refractivity contribution in [2.24, 2.45) is 5.92 Å². The molecule has 0 aromatic heterocycles. The average Bonchev–Trinajstić information content (AvgIpc) is 1.99. The van der Waals surface area contributed by atoms with E-state index in [0.29, 0.717) is 0 Å². The van der Waals surface area contributed by atoms with Crippen molar-refractivity contribution in [2.75, 3.05) is 7.11 Å². The molecule has 0 saturated carbocycles. The first-order chi connectivity index (χ1) is 5.80. The molecular formula is C6H12NNa2O5P. The maximum Gasteiger partial charge on any atom is 1.00 e. The number of carbonyl (C=O) groups excluding carboxylic acids is 1. The maximum atomic E-state index is 10.8. The van der Waals surface area contributed by atoms with Crippen molar-refractivity contribution < 1.29 is 83.0 Å². The first kappa shape index (κ1) is 21.8. The van der Waals surface area contributed by atoms with Gasteiger partial charge in [-0.25, -0.2) is 5.09 Å². The fourth-order valence-corrected chi connectivity index (χ4v) is 1.55. The van der Waals surface area contributed by atoms with Crippen LogP contribution in [0.5, 0.6) is 0 Å². The van der Waals surface area contributed by atoms with Gasteiger partial charge in [0.25, 0.3) is 0 Å². The van der Waals surface area contributed by atoms with Crippen LogP contribution in [0.2, 0.25) is 0 Å². The Hall–Kier alpha value is 1.58. The summed E-state index contributed by atoms with van der Waals surface area (Å²) in [4.78, 5) is 21.3. The van der Waals surface area contributed by atoms with Gasteiger partial charge in [-0.15, -0.1) is 0 Å². The molecular weight excluding hydrogens is 243 g/mol. The van der Waals surface area contributed by atoms with Crippen LogP contribution in [0.25, 0.3) is 0 Å².